The Morgan fingerprint density at radius 2 is 1.22 bits per heavy atom. The molecule has 3 aromatic rings. The van der Waals surface area contributed by atoms with Crippen molar-refractivity contribution in [1.29, 1.82) is 0 Å². The van der Waals surface area contributed by atoms with E-state index in [1.54, 1.807) is 0 Å². The van der Waals surface area contributed by atoms with Gasteiger partial charge < -0.3 is 4.74 Å². The van der Waals surface area contributed by atoms with Gasteiger partial charge in [-0.25, -0.2) is 0 Å². The highest BCUT2D eigenvalue weighted by atomic mass is 16.5. The first-order chi connectivity index (χ1) is 17.1. The second-order valence-electron chi connectivity index (χ2n) is 11.1. The van der Waals surface area contributed by atoms with Crippen molar-refractivity contribution in [2.75, 3.05) is 6.61 Å². The summed E-state index contributed by atoms with van der Waals surface area (Å²) in [5.74, 6) is 6.98. The summed E-state index contributed by atoms with van der Waals surface area (Å²) in [5, 5.41) is 0. The van der Waals surface area contributed by atoms with Gasteiger partial charge in [-0.2, -0.15) is 0 Å². The van der Waals surface area contributed by atoms with Crippen LogP contribution in [0.5, 0.6) is 0 Å². The van der Waals surface area contributed by atoms with Crippen molar-refractivity contribution < 1.29 is 4.74 Å². The minimum atomic E-state index is -0.127. The van der Waals surface area contributed by atoms with Gasteiger partial charge in [0.15, 0.2) is 0 Å². The van der Waals surface area contributed by atoms with Crippen molar-refractivity contribution >= 4 is 0 Å². The zero-order valence-electron chi connectivity index (χ0n) is 22.8. The lowest BCUT2D eigenvalue weighted by Crippen LogP contribution is -2.18. The molecule has 1 nitrogen and oxygen atoms in total. The van der Waals surface area contributed by atoms with Gasteiger partial charge in [0.2, 0.25) is 0 Å². The number of hydrogen-bond acceptors (Lipinski definition) is 1. The van der Waals surface area contributed by atoms with Crippen LogP contribution in [0.15, 0.2) is 78.9 Å². The summed E-state index contributed by atoms with van der Waals surface area (Å²) >= 11 is 0. The molecule has 0 saturated carbocycles. The number of ether oxygens (including phenoxy) is 1. The minimum absolute atomic E-state index is 0.106. The highest BCUT2D eigenvalue weighted by Gasteiger charge is 2.26. The predicted molar refractivity (Wildman–Crippen MR) is 153 cm³/mol. The summed E-state index contributed by atoms with van der Waals surface area (Å²) in [6.45, 7) is 16.3. The molecule has 184 valence electrons. The van der Waals surface area contributed by atoms with E-state index in [0.717, 1.165) is 11.1 Å². The Morgan fingerprint density at radius 1 is 0.722 bits per heavy atom. The molecule has 0 radical (unpaired) electrons. The smallest absolute Gasteiger partial charge is 0.109 e. The van der Waals surface area contributed by atoms with Crippen LogP contribution in [0.3, 0.4) is 0 Å². The molecular formula is C35H38O. The Hall–Kier alpha value is -3.34. The van der Waals surface area contributed by atoms with Crippen LogP contribution in [0.2, 0.25) is 0 Å². The van der Waals surface area contributed by atoms with E-state index in [0.29, 0.717) is 12.5 Å². The monoisotopic (exact) mass is 474 g/mol. The molecule has 1 unspecified atom stereocenters. The number of benzene rings is 3. The van der Waals surface area contributed by atoms with Gasteiger partial charge in [0.25, 0.3) is 0 Å². The lowest BCUT2D eigenvalue weighted by molar-refractivity contribution is 0.0695. The number of aryl methyl sites for hydroxylation is 4. The van der Waals surface area contributed by atoms with E-state index in [1.165, 1.54) is 38.9 Å². The molecule has 36 heavy (non-hydrogen) atoms. The number of rotatable bonds is 5. The molecule has 1 heteroatoms. The maximum absolute atomic E-state index is 6.78. The molecule has 1 aliphatic rings. The van der Waals surface area contributed by atoms with E-state index in [-0.39, 0.29) is 11.5 Å². The van der Waals surface area contributed by atoms with Crippen molar-refractivity contribution in [3.05, 3.63) is 129 Å². The third-order valence-corrected chi connectivity index (χ3v) is 6.99. The molecule has 0 aliphatic heterocycles. The van der Waals surface area contributed by atoms with E-state index in [4.69, 9.17) is 4.74 Å². The molecule has 0 saturated heterocycles. The molecule has 0 spiro atoms. The number of allylic oxidation sites excluding steroid dienone is 2. The molecule has 3 aromatic carbocycles. The number of hydrogen-bond donors (Lipinski definition) is 0. The first-order valence-corrected chi connectivity index (χ1v) is 12.9. The molecular weight excluding hydrogens is 436 g/mol. The van der Waals surface area contributed by atoms with Crippen LogP contribution in [0.4, 0.5) is 0 Å². The van der Waals surface area contributed by atoms with Gasteiger partial charge in [-0.15, -0.1) is 0 Å². The average molecular weight is 475 g/mol. The van der Waals surface area contributed by atoms with E-state index in [2.05, 4.69) is 109 Å². The van der Waals surface area contributed by atoms with Crippen LogP contribution in [0.1, 0.15) is 76.9 Å². The Morgan fingerprint density at radius 3 is 1.75 bits per heavy atom. The average Bonchev–Trinajstić information content (AvgIpc) is 3.33. The van der Waals surface area contributed by atoms with Gasteiger partial charge in [-0.1, -0.05) is 87.2 Å². The fraction of sp³-hybridized carbons (Fsp3) is 0.314. The highest BCUT2D eigenvalue weighted by molar-refractivity contribution is 5.53. The lowest BCUT2D eigenvalue weighted by atomic mass is 9.81. The quantitative estimate of drug-likeness (QED) is 0.337. The second kappa shape index (κ2) is 10.7. The zero-order chi connectivity index (χ0) is 25.9. The normalized spacial score (nSPS) is 14.1. The van der Waals surface area contributed by atoms with E-state index in [9.17, 15) is 0 Å². The first-order valence-electron chi connectivity index (χ1n) is 12.9. The summed E-state index contributed by atoms with van der Waals surface area (Å²) in [7, 11) is 0. The maximum Gasteiger partial charge on any atom is 0.109 e. The third kappa shape index (κ3) is 5.89. The van der Waals surface area contributed by atoms with Gasteiger partial charge in [0.05, 0.1) is 6.61 Å². The summed E-state index contributed by atoms with van der Waals surface area (Å²) in [6.07, 6.45) is 8.50. The SMILES string of the molecule is Cc1cc(C#Cc2ccccc2)cc(C)c1C(OCC1C=CC=C1)c1c(C)cc(C(C)(C)C)cc1C. The van der Waals surface area contributed by atoms with Crippen LogP contribution in [0.25, 0.3) is 0 Å². The fourth-order valence-corrected chi connectivity index (χ4v) is 5.05. The van der Waals surface area contributed by atoms with E-state index >= 15 is 0 Å². The summed E-state index contributed by atoms with van der Waals surface area (Å²) in [5.41, 5.74) is 11.1. The van der Waals surface area contributed by atoms with Crippen molar-refractivity contribution in [1.82, 2.24) is 0 Å². The molecule has 1 atom stereocenters. The molecule has 0 amide bonds. The summed E-state index contributed by atoms with van der Waals surface area (Å²) in [6, 6.07) is 19.3. The standard InChI is InChI=1S/C35H38O/c1-24-19-30(18-17-28-13-9-8-10-14-28)20-25(2)32(24)34(36-23-29-15-11-12-16-29)33-26(3)21-31(22-27(33)4)35(5,6)7/h8-16,19-22,29,34H,23H2,1-7H3. The van der Waals surface area contributed by atoms with Crippen LogP contribution < -0.4 is 0 Å². The van der Waals surface area contributed by atoms with Gasteiger partial charge in [-0.05, 0) is 96.3 Å². The van der Waals surface area contributed by atoms with Gasteiger partial charge in [0.1, 0.15) is 6.10 Å². The van der Waals surface area contributed by atoms with Gasteiger partial charge in [0, 0.05) is 17.0 Å². The molecule has 0 aromatic heterocycles. The zero-order valence-corrected chi connectivity index (χ0v) is 22.8. The maximum atomic E-state index is 6.78. The molecule has 0 N–H and O–H groups in total. The van der Waals surface area contributed by atoms with Gasteiger partial charge >= 0.3 is 0 Å². The van der Waals surface area contributed by atoms with Crippen LogP contribution in [0, 0.1) is 45.5 Å². The Balaban J connectivity index is 1.77. The lowest BCUT2D eigenvalue weighted by Gasteiger charge is -2.29. The van der Waals surface area contributed by atoms with Crippen molar-refractivity contribution in [2.24, 2.45) is 5.92 Å². The van der Waals surface area contributed by atoms with Crippen LogP contribution >= 0.6 is 0 Å². The van der Waals surface area contributed by atoms with E-state index in [1.807, 2.05) is 30.3 Å². The van der Waals surface area contributed by atoms with Crippen molar-refractivity contribution in [3.63, 3.8) is 0 Å². The second-order valence-corrected chi connectivity index (χ2v) is 11.1. The molecule has 4 rings (SSSR count). The topological polar surface area (TPSA) is 9.23 Å². The van der Waals surface area contributed by atoms with Gasteiger partial charge in [-0.3, -0.25) is 0 Å². The molecule has 1 aliphatic carbocycles. The molecule has 0 bridgehead atoms. The Kier molecular flexibility index (Phi) is 7.67. The minimum Gasteiger partial charge on any atom is -0.368 e. The third-order valence-electron chi connectivity index (χ3n) is 6.99. The first kappa shape index (κ1) is 25.7. The Bertz CT molecular complexity index is 1300. The van der Waals surface area contributed by atoms with Crippen molar-refractivity contribution in [3.8, 4) is 11.8 Å². The van der Waals surface area contributed by atoms with Crippen LogP contribution in [-0.4, -0.2) is 6.61 Å². The fourth-order valence-electron chi connectivity index (χ4n) is 5.05. The molecule has 0 fully saturated rings. The van der Waals surface area contributed by atoms with Crippen LogP contribution in [-0.2, 0) is 10.2 Å². The summed E-state index contributed by atoms with van der Waals surface area (Å²) in [4.78, 5) is 0. The largest absolute Gasteiger partial charge is 0.368 e. The molecule has 0 heterocycles. The summed E-state index contributed by atoms with van der Waals surface area (Å²) < 4.78 is 6.78. The Labute approximate surface area is 217 Å². The highest BCUT2D eigenvalue weighted by Crippen LogP contribution is 2.38. The van der Waals surface area contributed by atoms with Crippen molar-refractivity contribution in [2.45, 2.75) is 60.0 Å². The van der Waals surface area contributed by atoms with E-state index < -0.39 is 0 Å². The predicted octanol–water partition coefficient (Wildman–Crippen LogP) is 8.47.